The van der Waals surface area contributed by atoms with Crippen LogP contribution in [0.15, 0.2) is 77.7 Å². The predicted octanol–water partition coefficient (Wildman–Crippen LogP) is 4.16. The standard InChI is InChI=1S/C21H17F3N2O4S/c22-16-8-10-17(11-9-16)26-31(28,29)18-6-3-5-14(12-18)20(27)25-13-15-4-1-2-7-19(15)30-21(23)24/h1-12,21,26H,13H2,(H,25,27). The van der Waals surface area contributed by atoms with Gasteiger partial charge >= 0.3 is 6.61 Å². The Bertz CT molecular complexity index is 1170. The number of hydrogen-bond acceptors (Lipinski definition) is 4. The summed E-state index contributed by atoms with van der Waals surface area (Å²) in [6.45, 7) is -3.11. The summed E-state index contributed by atoms with van der Waals surface area (Å²) in [5.41, 5.74) is 0.541. The maximum Gasteiger partial charge on any atom is 0.387 e. The van der Waals surface area contributed by atoms with E-state index >= 15 is 0 Å². The van der Waals surface area contributed by atoms with Gasteiger partial charge in [0.2, 0.25) is 0 Å². The number of rotatable bonds is 8. The van der Waals surface area contributed by atoms with Gasteiger partial charge in [0.05, 0.1) is 4.90 Å². The molecular formula is C21H17F3N2O4S. The van der Waals surface area contributed by atoms with E-state index in [9.17, 15) is 26.4 Å². The lowest BCUT2D eigenvalue weighted by atomic mass is 10.1. The smallest absolute Gasteiger partial charge is 0.387 e. The summed E-state index contributed by atoms with van der Waals surface area (Å²) in [6.07, 6.45) is 0. The number of hydrogen-bond donors (Lipinski definition) is 2. The summed E-state index contributed by atoms with van der Waals surface area (Å²) in [5, 5.41) is 2.54. The molecule has 0 spiro atoms. The number of amides is 1. The maximum atomic E-state index is 13.0. The third-order valence-electron chi connectivity index (χ3n) is 4.13. The number of benzene rings is 3. The molecule has 0 aliphatic carbocycles. The van der Waals surface area contributed by atoms with E-state index in [0.717, 1.165) is 12.1 Å². The Morgan fingerprint density at radius 3 is 2.39 bits per heavy atom. The van der Waals surface area contributed by atoms with Crippen LogP contribution in [0.4, 0.5) is 18.9 Å². The summed E-state index contributed by atoms with van der Waals surface area (Å²) in [6, 6.07) is 16.0. The molecule has 0 bridgehead atoms. The minimum absolute atomic E-state index is 0.0502. The van der Waals surface area contributed by atoms with Crippen molar-refractivity contribution in [3.05, 3.63) is 89.7 Å². The van der Waals surface area contributed by atoms with E-state index in [1.54, 1.807) is 6.07 Å². The summed E-state index contributed by atoms with van der Waals surface area (Å²) < 4.78 is 69.9. The molecule has 2 N–H and O–H groups in total. The number of ether oxygens (including phenoxy) is 1. The number of nitrogens with one attached hydrogen (secondary N) is 2. The van der Waals surface area contributed by atoms with Crippen LogP contribution in [-0.4, -0.2) is 20.9 Å². The Labute approximate surface area is 176 Å². The fourth-order valence-electron chi connectivity index (χ4n) is 2.67. The van der Waals surface area contributed by atoms with Crippen molar-refractivity contribution in [3.8, 4) is 5.75 Å². The van der Waals surface area contributed by atoms with Crippen LogP contribution in [0.2, 0.25) is 0 Å². The van der Waals surface area contributed by atoms with Gasteiger partial charge < -0.3 is 10.1 Å². The normalized spacial score (nSPS) is 11.2. The van der Waals surface area contributed by atoms with E-state index in [4.69, 9.17) is 0 Å². The summed E-state index contributed by atoms with van der Waals surface area (Å²) >= 11 is 0. The fourth-order valence-corrected chi connectivity index (χ4v) is 3.78. The van der Waals surface area contributed by atoms with Crippen molar-refractivity contribution in [2.75, 3.05) is 4.72 Å². The molecule has 0 unspecified atom stereocenters. The minimum atomic E-state index is -4.03. The Kier molecular flexibility index (Phi) is 6.81. The van der Waals surface area contributed by atoms with Gasteiger partial charge in [0.25, 0.3) is 15.9 Å². The van der Waals surface area contributed by atoms with Crippen LogP contribution in [0.1, 0.15) is 15.9 Å². The highest BCUT2D eigenvalue weighted by Crippen LogP contribution is 2.21. The SMILES string of the molecule is O=C(NCc1ccccc1OC(F)F)c1cccc(S(=O)(=O)Nc2ccc(F)cc2)c1. The van der Waals surface area contributed by atoms with E-state index in [1.807, 2.05) is 0 Å². The molecule has 0 aliphatic rings. The Balaban J connectivity index is 1.72. The van der Waals surface area contributed by atoms with Crippen molar-refractivity contribution in [2.24, 2.45) is 0 Å². The quantitative estimate of drug-likeness (QED) is 0.540. The summed E-state index contributed by atoms with van der Waals surface area (Å²) in [7, 11) is -4.03. The number of sulfonamides is 1. The molecule has 31 heavy (non-hydrogen) atoms. The zero-order valence-corrected chi connectivity index (χ0v) is 16.7. The molecule has 0 saturated carbocycles. The molecule has 0 aromatic heterocycles. The van der Waals surface area contributed by atoms with Crippen molar-refractivity contribution in [1.29, 1.82) is 0 Å². The molecule has 0 heterocycles. The molecule has 3 rings (SSSR count). The molecule has 0 saturated heterocycles. The van der Waals surface area contributed by atoms with Crippen molar-refractivity contribution >= 4 is 21.6 Å². The van der Waals surface area contributed by atoms with Crippen LogP contribution in [0, 0.1) is 5.82 Å². The zero-order valence-electron chi connectivity index (χ0n) is 15.9. The van der Waals surface area contributed by atoms with Gasteiger partial charge in [-0.2, -0.15) is 8.78 Å². The highest BCUT2D eigenvalue weighted by Gasteiger charge is 2.17. The van der Waals surface area contributed by atoms with Crippen LogP contribution in [0.25, 0.3) is 0 Å². The molecule has 1 amide bonds. The van der Waals surface area contributed by atoms with Crippen LogP contribution in [0.5, 0.6) is 5.75 Å². The topological polar surface area (TPSA) is 84.5 Å². The second kappa shape index (κ2) is 9.52. The number of para-hydroxylation sites is 1. The molecular weight excluding hydrogens is 433 g/mol. The van der Waals surface area contributed by atoms with Crippen molar-refractivity contribution in [3.63, 3.8) is 0 Å². The molecule has 162 valence electrons. The van der Waals surface area contributed by atoms with Crippen LogP contribution >= 0.6 is 0 Å². The maximum absolute atomic E-state index is 13.0. The summed E-state index contributed by atoms with van der Waals surface area (Å²) in [5.74, 6) is -1.19. The average Bonchev–Trinajstić information content (AvgIpc) is 2.74. The van der Waals surface area contributed by atoms with Gasteiger partial charge in [-0.25, -0.2) is 12.8 Å². The fraction of sp³-hybridized carbons (Fsp3) is 0.0952. The molecule has 0 fully saturated rings. The lowest BCUT2D eigenvalue weighted by Crippen LogP contribution is -2.24. The first kappa shape index (κ1) is 22.2. The Morgan fingerprint density at radius 2 is 1.68 bits per heavy atom. The molecule has 3 aromatic carbocycles. The lowest BCUT2D eigenvalue weighted by molar-refractivity contribution is -0.0504. The number of carbonyl (C=O) groups excluding carboxylic acids is 1. The second-order valence-corrected chi connectivity index (χ2v) is 7.99. The van der Waals surface area contributed by atoms with Gasteiger partial charge in [-0.1, -0.05) is 24.3 Å². The van der Waals surface area contributed by atoms with Crippen LogP contribution < -0.4 is 14.8 Å². The second-order valence-electron chi connectivity index (χ2n) is 6.31. The average molecular weight is 450 g/mol. The third kappa shape index (κ3) is 5.98. The van der Waals surface area contributed by atoms with E-state index in [1.165, 1.54) is 54.6 Å². The van der Waals surface area contributed by atoms with Gasteiger partial charge in [-0.3, -0.25) is 9.52 Å². The van der Waals surface area contributed by atoms with Gasteiger partial charge in [0.1, 0.15) is 11.6 Å². The predicted molar refractivity (Wildman–Crippen MR) is 108 cm³/mol. The first-order chi connectivity index (χ1) is 14.7. The highest BCUT2D eigenvalue weighted by molar-refractivity contribution is 7.92. The van der Waals surface area contributed by atoms with Gasteiger partial charge in [0, 0.05) is 23.4 Å². The number of halogens is 3. The first-order valence-electron chi connectivity index (χ1n) is 8.94. The van der Waals surface area contributed by atoms with Crippen molar-refractivity contribution in [2.45, 2.75) is 18.1 Å². The van der Waals surface area contributed by atoms with E-state index in [-0.39, 0.29) is 28.4 Å². The lowest BCUT2D eigenvalue weighted by Gasteiger charge is -2.12. The van der Waals surface area contributed by atoms with Gasteiger partial charge in [0.15, 0.2) is 0 Å². The number of alkyl halides is 2. The van der Waals surface area contributed by atoms with E-state index in [2.05, 4.69) is 14.8 Å². The number of anilines is 1. The largest absolute Gasteiger partial charge is 0.434 e. The van der Waals surface area contributed by atoms with Crippen molar-refractivity contribution < 1.29 is 31.1 Å². The van der Waals surface area contributed by atoms with Crippen LogP contribution in [-0.2, 0) is 16.6 Å². The van der Waals surface area contributed by atoms with Crippen molar-refractivity contribution in [1.82, 2.24) is 5.32 Å². The Hall–Kier alpha value is -3.53. The van der Waals surface area contributed by atoms with Gasteiger partial charge in [-0.15, -0.1) is 0 Å². The summed E-state index contributed by atoms with van der Waals surface area (Å²) in [4.78, 5) is 12.3. The minimum Gasteiger partial charge on any atom is -0.434 e. The highest BCUT2D eigenvalue weighted by atomic mass is 32.2. The number of carbonyl (C=O) groups is 1. The molecule has 0 aliphatic heterocycles. The van der Waals surface area contributed by atoms with Crippen LogP contribution in [0.3, 0.4) is 0 Å². The molecule has 0 radical (unpaired) electrons. The third-order valence-corrected chi connectivity index (χ3v) is 5.51. The van der Waals surface area contributed by atoms with E-state index in [0.29, 0.717) is 5.56 Å². The zero-order chi connectivity index (χ0) is 22.4. The molecule has 3 aromatic rings. The molecule has 0 atom stereocenters. The van der Waals surface area contributed by atoms with E-state index < -0.39 is 28.4 Å². The Morgan fingerprint density at radius 1 is 0.968 bits per heavy atom. The molecule has 10 heteroatoms. The van der Waals surface area contributed by atoms with Gasteiger partial charge in [-0.05, 0) is 48.5 Å². The monoisotopic (exact) mass is 450 g/mol. The molecule has 6 nitrogen and oxygen atoms in total. The first-order valence-corrected chi connectivity index (χ1v) is 10.4.